The molecule has 1 atom stereocenters. The van der Waals surface area contributed by atoms with Crippen LogP contribution in [0.2, 0.25) is 0 Å². The Morgan fingerprint density at radius 2 is 2.12 bits per heavy atom. The highest BCUT2D eigenvalue weighted by molar-refractivity contribution is 5.85. The zero-order chi connectivity index (χ0) is 10.5. The second kappa shape index (κ2) is 6.51. The fourth-order valence-corrected chi connectivity index (χ4v) is 1.84. The molecule has 0 aromatic heterocycles. The van der Waals surface area contributed by atoms with Crippen molar-refractivity contribution < 1.29 is 4.79 Å². The molecule has 3 nitrogen and oxygen atoms in total. The summed E-state index contributed by atoms with van der Waals surface area (Å²) in [5, 5.41) is 6.25. The van der Waals surface area contributed by atoms with Crippen molar-refractivity contribution in [3.63, 3.8) is 0 Å². The maximum absolute atomic E-state index is 11.6. The molecule has 0 bridgehead atoms. The lowest BCUT2D eigenvalue weighted by molar-refractivity contribution is -0.121. The van der Waals surface area contributed by atoms with Crippen LogP contribution in [-0.2, 0) is 11.2 Å². The number of amides is 1. The highest BCUT2D eigenvalue weighted by Crippen LogP contribution is 2.01. The molecule has 1 aromatic carbocycles. The molecule has 2 N–H and O–H groups in total. The van der Waals surface area contributed by atoms with Crippen LogP contribution in [0.1, 0.15) is 12.0 Å². The van der Waals surface area contributed by atoms with E-state index >= 15 is 0 Å². The van der Waals surface area contributed by atoms with Crippen molar-refractivity contribution in [2.24, 2.45) is 0 Å². The second-order valence-corrected chi connectivity index (χ2v) is 3.92. The number of benzene rings is 1. The molecule has 1 fully saturated rings. The Morgan fingerprint density at radius 3 is 2.75 bits per heavy atom. The second-order valence-electron chi connectivity index (χ2n) is 3.92. The van der Waals surface area contributed by atoms with E-state index in [9.17, 15) is 4.79 Å². The molecule has 88 valence electrons. The van der Waals surface area contributed by atoms with Crippen LogP contribution in [0.3, 0.4) is 0 Å². The van der Waals surface area contributed by atoms with Gasteiger partial charge >= 0.3 is 0 Å². The summed E-state index contributed by atoms with van der Waals surface area (Å²) in [6.07, 6.45) is 1.53. The number of rotatable bonds is 3. The third-order valence-electron chi connectivity index (χ3n) is 2.63. The van der Waals surface area contributed by atoms with Crippen LogP contribution in [-0.4, -0.2) is 25.0 Å². The van der Waals surface area contributed by atoms with Gasteiger partial charge in [-0.05, 0) is 18.5 Å². The molecule has 0 spiro atoms. The highest BCUT2D eigenvalue weighted by atomic mass is 35.5. The van der Waals surface area contributed by atoms with Crippen LogP contribution in [0.25, 0.3) is 0 Å². The first-order valence-electron chi connectivity index (χ1n) is 5.38. The van der Waals surface area contributed by atoms with Gasteiger partial charge in [0, 0.05) is 12.6 Å². The fraction of sp³-hybridized carbons (Fsp3) is 0.417. The molecule has 1 aliphatic heterocycles. The Kier molecular flexibility index (Phi) is 5.29. The van der Waals surface area contributed by atoms with Crippen molar-refractivity contribution in [1.29, 1.82) is 0 Å². The van der Waals surface area contributed by atoms with E-state index in [0.29, 0.717) is 12.5 Å². The molecule has 1 aromatic rings. The summed E-state index contributed by atoms with van der Waals surface area (Å²) >= 11 is 0. The number of halogens is 1. The third-order valence-corrected chi connectivity index (χ3v) is 2.63. The minimum Gasteiger partial charge on any atom is -0.352 e. The van der Waals surface area contributed by atoms with Crippen LogP contribution in [0, 0.1) is 0 Å². The summed E-state index contributed by atoms with van der Waals surface area (Å²) < 4.78 is 0. The molecular formula is C12H17ClN2O. The Balaban J connectivity index is 0.00000128. The Labute approximate surface area is 102 Å². The van der Waals surface area contributed by atoms with E-state index in [-0.39, 0.29) is 18.3 Å². The summed E-state index contributed by atoms with van der Waals surface area (Å²) in [5.41, 5.74) is 1.07. The summed E-state index contributed by atoms with van der Waals surface area (Å²) in [7, 11) is 0. The van der Waals surface area contributed by atoms with E-state index in [1.165, 1.54) is 0 Å². The Morgan fingerprint density at radius 1 is 1.38 bits per heavy atom. The van der Waals surface area contributed by atoms with E-state index in [1.54, 1.807) is 0 Å². The number of hydrogen-bond acceptors (Lipinski definition) is 2. The van der Waals surface area contributed by atoms with E-state index < -0.39 is 0 Å². The molecule has 1 aliphatic rings. The molecule has 1 amide bonds. The van der Waals surface area contributed by atoms with E-state index in [2.05, 4.69) is 10.6 Å². The molecule has 0 saturated carbocycles. The van der Waals surface area contributed by atoms with Crippen LogP contribution >= 0.6 is 12.4 Å². The largest absolute Gasteiger partial charge is 0.352 e. The monoisotopic (exact) mass is 240 g/mol. The highest BCUT2D eigenvalue weighted by Gasteiger charge is 2.16. The van der Waals surface area contributed by atoms with Gasteiger partial charge in [-0.3, -0.25) is 4.79 Å². The van der Waals surface area contributed by atoms with E-state index in [1.807, 2.05) is 30.3 Å². The van der Waals surface area contributed by atoms with Crippen LogP contribution in [0.15, 0.2) is 30.3 Å². The first-order chi connectivity index (χ1) is 7.34. The maximum Gasteiger partial charge on any atom is 0.224 e. The summed E-state index contributed by atoms with van der Waals surface area (Å²) in [5.74, 6) is 0.120. The van der Waals surface area contributed by atoms with Crippen LogP contribution < -0.4 is 10.6 Å². The Hall–Kier alpha value is -1.06. The van der Waals surface area contributed by atoms with Crippen LogP contribution in [0.5, 0.6) is 0 Å². The predicted octanol–water partition coefficient (Wildman–Crippen LogP) is 1.13. The first kappa shape index (κ1) is 13.0. The molecule has 0 radical (unpaired) electrons. The average molecular weight is 241 g/mol. The lowest BCUT2D eigenvalue weighted by Gasteiger charge is -2.10. The molecule has 0 unspecified atom stereocenters. The zero-order valence-electron chi connectivity index (χ0n) is 9.11. The summed E-state index contributed by atoms with van der Waals surface area (Å²) in [6, 6.07) is 10.2. The zero-order valence-corrected chi connectivity index (χ0v) is 9.93. The fourth-order valence-electron chi connectivity index (χ4n) is 1.84. The van der Waals surface area contributed by atoms with Crippen LogP contribution in [0.4, 0.5) is 0 Å². The first-order valence-corrected chi connectivity index (χ1v) is 5.38. The normalized spacial score (nSPS) is 18.9. The van der Waals surface area contributed by atoms with Gasteiger partial charge in [0.2, 0.25) is 5.91 Å². The lowest BCUT2D eigenvalue weighted by Crippen LogP contribution is -2.37. The average Bonchev–Trinajstić information content (AvgIpc) is 2.71. The summed E-state index contributed by atoms with van der Waals surface area (Å²) in [6.45, 7) is 1.91. The SMILES string of the molecule is Cl.O=C(Cc1ccccc1)N[C@@H]1CCNC1. The molecule has 16 heavy (non-hydrogen) atoms. The van der Waals surface area contributed by atoms with Crippen molar-refractivity contribution in [2.45, 2.75) is 18.9 Å². The van der Waals surface area contributed by atoms with Gasteiger partial charge in [0.15, 0.2) is 0 Å². The van der Waals surface area contributed by atoms with Gasteiger partial charge in [-0.2, -0.15) is 0 Å². The lowest BCUT2D eigenvalue weighted by atomic mass is 10.1. The number of hydrogen-bond donors (Lipinski definition) is 2. The predicted molar refractivity (Wildman–Crippen MR) is 66.8 cm³/mol. The minimum absolute atomic E-state index is 0. The molecule has 0 aliphatic carbocycles. The molecule has 1 saturated heterocycles. The van der Waals surface area contributed by atoms with Gasteiger partial charge in [0.25, 0.3) is 0 Å². The van der Waals surface area contributed by atoms with Gasteiger partial charge < -0.3 is 10.6 Å². The standard InChI is InChI=1S/C12H16N2O.ClH/c15-12(14-11-6-7-13-9-11)8-10-4-2-1-3-5-10;/h1-5,11,13H,6-9H2,(H,14,15);1H/t11-;/m1./s1. The van der Waals surface area contributed by atoms with Gasteiger partial charge in [-0.1, -0.05) is 30.3 Å². The van der Waals surface area contributed by atoms with Crippen molar-refractivity contribution in [2.75, 3.05) is 13.1 Å². The molecule has 4 heteroatoms. The van der Waals surface area contributed by atoms with Crippen molar-refractivity contribution in [1.82, 2.24) is 10.6 Å². The summed E-state index contributed by atoms with van der Waals surface area (Å²) in [4.78, 5) is 11.6. The maximum atomic E-state index is 11.6. The van der Waals surface area contributed by atoms with Gasteiger partial charge in [0.05, 0.1) is 6.42 Å². The van der Waals surface area contributed by atoms with Crippen molar-refractivity contribution >= 4 is 18.3 Å². The number of carbonyl (C=O) groups is 1. The van der Waals surface area contributed by atoms with E-state index in [4.69, 9.17) is 0 Å². The van der Waals surface area contributed by atoms with Crippen molar-refractivity contribution in [3.05, 3.63) is 35.9 Å². The van der Waals surface area contributed by atoms with Gasteiger partial charge in [-0.25, -0.2) is 0 Å². The van der Waals surface area contributed by atoms with Gasteiger partial charge in [0.1, 0.15) is 0 Å². The molecular weight excluding hydrogens is 224 g/mol. The van der Waals surface area contributed by atoms with Crippen molar-refractivity contribution in [3.8, 4) is 0 Å². The quantitative estimate of drug-likeness (QED) is 0.832. The molecule has 1 heterocycles. The minimum atomic E-state index is 0. The number of carbonyl (C=O) groups excluding carboxylic acids is 1. The smallest absolute Gasteiger partial charge is 0.224 e. The molecule has 2 rings (SSSR count). The van der Waals surface area contributed by atoms with Gasteiger partial charge in [-0.15, -0.1) is 12.4 Å². The Bertz CT molecular complexity index is 323. The number of nitrogens with one attached hydrogen (secondary N) is 2. The third kappa shape index (κ3) is 3.83. The van der Waals surface area contributed by atoms with E-state index in [0.717, 1.165) is 25.1 Å². The topological polar surface area (TPSA) is 41.1 Å².